The van der Waals surface area contributed by atoms with Crippen molar-refractivity contribution >= 4 is 10.0 Å². The Bertz CT molecular complexity index is 1090. The molecule has 29 heavy (non-hydrogen) atoms. The quantitative estimate of drug-likeness (QED) is 0.628. The fraction of sp³-hybridized carbons (Fsp3) is 0.250. The highest BCUT2D eigenvalue weighted by atomic mass is 32.2. The van der Waals surface area contributed by atoms with E-state index >= 15 is 0 Å². The van der Waals surface area contributed by atoms with Gasteiger partial charge in [-0.2, -0.15) is 4.31 Å². The molecule has 1 aliphatic rings. The van der Waals surface area contributed by atoms with Crippen LogP contribution in [-0.2, 0) is 16.6 Å². The van der Waals surface area contributed by atoms with E-state index in [0.29, 0.717) is 18.0 Å². The number of ether oxygens (including phenoxy) is 1. The summed E-state index contributed by atoms with van der Waals surface area (Å²) in [6.45, 7) is 2.82. The third-order valence-electron chi connectivity index (χ3n) is 5.62. The molecule has 150 valence electrons. The first-order valence-corrected chi connectivity index (χ1v) is 11.2. The Morgan fingerprint density at radius 2 is 1.62 bits per heavy atom. The highest BCUT2D eigenvalue weighted by Gasteiger charge is 2.30. The molecule has 1 atom stereocenters. The van der Waals surface area contributed by atoms with Crippen LogP contribution in [-0.4, -0.2) is 26.4 Å². The fourth-order valence-electron chi connectivity index (χ4n) is 3.96. The zero-order chi connectivity index (χ0) is 20.4. The normalized spacial score (nSPS) is 17.4. The van der Waals surface area contributed by atoms with Gasteiger partial charge in [-0.05, 0) is 54.3 Å². The minimum absolute atomic E-state index is 0.148. The van der Waals surface area contributed by atoms with Crippen molar-refractivity contribution in [1.82, 2.24) is 4.31 Å². The summed E-state index contributed by atoms with van der Waals surface area (Å²) < 4.78 is 33.5. The van der Waals surface area contributed by atoms with Gasteiger partial charge in [-0.25, -0.2) is 8.42 Å². The van der Waals surface area contributed by atoms with Gasteiger partial charge in [0.05, 0.1) is 12.0 Å². The Morgan fingerprint density at radius 1 is 0.931 bits per heavy atom. The van der Waals surface area contributed by atoms with Crippen LogP contribution < -0.4 is 4.74 Å². The predicted molar refractivity (Wildman–Crippen MR) is 115 cm³/mol. The zero-order valence-electron chi connectivity index (χ0n) is 16.7. The minimum Gasteiger partial charge on any atom is -0.497 e. The molecule has 1 unspecified atom stereocenters. The SMILES string of the molecule is COc1ccc(C2CCN(S(=O)(=O)c3ccc(C)cc3)Cc3ccccc32)cc1. The van der Waals surface area contributed by atoms with Crippen LogP contribution in [0.4, 0.5) is 0 Å². The van der Waals surface area contributed by atoms with Gasteiger partial charge in [0.1, 0.15) is 5.75 Å². The molecule has 1 heterocycles. The molecule has 0 saturated heterocycles. The number of nitrogens with zero attached hydrogens (tertiary/aromatic N) is 1. The molecule has 0 radical (unpaired) electrons. The van der Waals surface area contributed by atoms with Crippen molar-refractivity contribution in [2.45, 2.75) is 30.7 Å². The molecule has 0 amide bonds. The molecule has 3 aromatic rings. The molecule has 0 saturated carbocycles. The van der Waals surface area contributed by atoms with Crippen LogP contribution in [0.25, 0.3) is 0 Å². The van der Waals surface area contributed by atoms with Crippen molar-refractivity contribution in [2.24, 2.45) is 0 Å². The lowest BCUT2D eigenvalue weighted by Gasteiger charge is -2.21. The van der Waals surface area contributed by atoms with Crippen LogP contribution in [0.15, 0.2) is 77.7 Å². The van der Waals surface area contributed by atoms with E-state index in [-0.39, 0.29) is 5.92 Å². The molecular weight excluding hydrogens is 382 g/mol. The minimum atomic E-state index is -3.55. The summed E-state index contributed by atoms with van der Waals surface area (Å²) in [6, 6.07) is 23.3. The Hall–Kier alpha value is -2.63. The van der Waals surface area contributed by atoms with Crippen LogP contribution >= 0.6 is 0 Å². The third-order valence-corrected chi connectivity index (χ3v) is 7.48. The molecule has 0 spiro atoms. The molecular formula is C24H25NO3S. The Labute approximate surface area is 172 Å². The summed E-state index contributed by atoms with van der Waals surface area (Å²) >= 11 is 0. The third kappa shape index (κ3) is 3.93. The van der Waals surface area contributed by atoms with Gasteiger partial charge in [-0.1, -0.05) is 54.1 Å². The second-order valence-electron chi connectivity index (χ2n) is 7.46. The van der Waals surface area contributed by atoms with Crippen molar-refractivity contribution in [3.8, 4) is 5.75 Å². The van der Waals surface area contributed by atoms with E-state index in [1.807, 2.05) is 49.4 Å². The lowest BCUT2D eigenvalue weighted by molar-refractivity contribution is 0.405. The molecule has 0 aromatic heterocycles. The van der Waals surface area contributed by atoms with Gasteiger partial charge in [-0.15, -0.1) is 0 Å². The van der Waals surface area contributed by atoms with Gasteiger partial charge >= 0.3 is 0 Å². The van der Waals surface area contributed by atoms with Gasteiger partial charge in [0.15, 0.2) is 0 Å². The second kappa shape index (κ2) is 8.01. The topological polar surface area (TPSA) is 46.6 Å². The number of aryl methyl sites for hydroxylation is 1. The summed E-state index contributed by atoms with van der Waals surface area (Å²) in [5.41, 5.74) is 4.47. The molecule has 5 heteroatoms. The van der Waals surface area contributed by atoms with Crippen molar-refractivity contribution in [3.05, 3.63) is 95.1 Å². The van der Waals surface area contributed by atoms with Crippen molar-refractivity contribution < 1.29 is 13.2 Å². The van der Waals surface area contributed by atoms with E-state index < -0.39 is 10.0 Å². The van der Waals surface area contributed by atoms with Crippen LogP contribution in [0, 0.1) is 6.92 Å². The van der Waals surface area contributed by atoms with Crippen molar-refractivity contribution in [3.63, 3.8) is 0 Å². The van der Waals surface area contributed by atoms with Gasteiger partial charge in [-0.3, -0.25) is 0 Å². The van der Waals surface area contributed by atoms with Crippen molar-refractivity contribution in [1.29, 1.82) is 0 Å². The molecule has 0 aliphatic carbocycles. The largest absolute Gasteiger partial charge is 0.497 e. The van der Waals surface area contributed by atoms with Gasteiger partial charge in [0.25, 0.3) is 0 Å². The second-order valence-corrected chi connectivity index (χ2v) is 9.40. The average Bonchev–Trinajstić information content (AvgIpc) is 2.94. The molecule has 3 aromatic carbocycles. The monoisotopic (exact) mass is 407 g/mol. The molecule has 0 fully saturated rings. The number of hydrogen-bond acceptors (Lipinski definition) is 3. The van der Waals surface area contributed by atoms with Crippen LogP contribution in [0.3, 0.4) is 0 Å². The van der Waals surface area contributed by atoms with E-state index in [0.717, 1.165) is 23.3 Å². The summed E-state index contributed by atoms with van der Waals surface area (Å²) in [4.78, 5) is 0.350. The number of rotatable bonds is 4. The first kappa shape index (κ1) is 19.7. The van der Waals surface area contributed by atoms with Gasteiger partial charge < -0.3 is 4.74 Å². The van der Waals surface area contributed by atoms with E-state index in [2.05, 4.69) is 18.2 Å². The first-order chi connectivity index (χ1) is 14.0. The lowest BCUT2D eigenvalue weighted by Crippen LogP contribution is -2.31. The van der Waals surface area contributed by atoms with E-state index in [9.17, 15) is 8.42 Å². The average molecular weight is 408 g/mol. The lowest BCUT2D eigenvalue weighted by atomic mass is 9.87. The zero-order valence-corrected chi connectivity index (χ0v) is 17.5. The van der Waals surface area contributed by atoms with Crippen molar-refractivity contribution in [2.75, 3.05) is 13.7 Å². The molecule has 1 aliphatic heterocycles. The Balaban J connectivity index is 1.70. The number of fused-ring (bicyclic) bond motifs is 1. The van der Waals surface area contributed by atoms with E-state index in [1.54, 1.807) is 23.5 Å². The number of hydrogen-bond donors (Lipinski definition) is 0. The maximum Gasteiger partial charge on any atom is 0.243 e. The maximum absolute atomic E-state index is 13.3. The number of sulfonamides is 1. The predicted octanol–water partition coefficient (Wildman–Crippen LogP) is 4.73. The van der Waals surface area contributed by atoms with Crippen LogP contribution in [0.1, 0.15) is 34.6 Å². The van der Waals surface area contributed by atoms with Gasteiger partial charge in [0, 0.05) is 19.0 Å². The Kier molecular flexibility index (Phi) is 5.43. The Morgan fingerprint density at radius 3 is 2.31 bits per heavy atom. The van der Waals surface area contributed by atoms with E-state index in [1.165, 1.54) is 11.1 Å². The maximum atomic E-state index is 13.3. The van der Waals surface area contributed by atoms with E-state index in [4.69, 9.17) is 4.74 Å². The highest BCUT2D eigenvalue weighted by molar-refractivity contribution is 7.89. The first-order valence-electron chi connectivity index (χ1n) is 9.77. The molecule has 0 bridgehead atoms. The standard InChI is InChI=1S/C24H25NO3S/c1-18-7-13-22(14-8-18)29(26,27)25-16-15-24(19-9-11-21(28-2)12-10-19)23-6-4-3-5-20(23)17-25/h3-14,24H,15-17H2,1-2H3. The summed E-state index contributed by atoms with van der Waals surface area (Å²) in [7, 11) is -1.89. The fourth-order valence-corrected chi connectivity index (χ4v) is 5.40. The summed E-state index contributed by atoms with van der Waals surface area (Å²) in [5, 5.41) is 0. The molecule has 4 nitrogen and oxygen atoms in total. The van der Waals surface area contributed by atoms with Crippen LogP contribution in [0.2, 0.25) is 0 Å². The molecule has 4 rings (SSSR count). The van der Waals surface area contributed by atoms with Crippen LogP contribution in [0.5, 0.6) is 5.75 Å². The smallest absolute Gasteiger partial charge is 0.243 e. The summed E-state index contributed by atoms with van der Waals surface area (Å²) in [5.74, 6) is 0.967. The number of benzene rings is 3. The summed E-state index contributed by atoms with van der Waals surface area (Å²) in [6.07, 6.45) is 0.731. The molecule has 0 N–H and O–H groups in total. The van der Waals surface area contributed by atoms with Gasteiger partial charge in [0.2, 0.25) is 10.0 Å². The highest BCUT2D eigenvalue weighted by Crippen LogP contribution is 2.36. The number of methoxy groups -OCH3 is 1.